The maximum absolute atomic E-state index is 13.5. The minimum Gasteiger partial charge on any atom is -0.497 e. The normalized spacial score (nSPS) is 15.8. The van der Waals surface area contributed by atoms with E-state index < -0.39 is 0 Å². The molecule has 3 aromatic carbocycles. The summed E-state index contributed by atoms with van der Waals surface area (Å²) in [5, 5.41) is 0.669. The van der Waals surface area contributed by atoms with Crippen molar-refractivity contribution in [3.63, 3.8) is 0 Å². The van der Waals surface area contributed by atoms with Gasteiger partial charge in [0.2, 0.25) is 0 Å². The standard InChI is InChI=1S/C29H25N3O2S/c1-21-17-23(20-31(21)25-11-7-4-8-12-25)18-27-28(33)32(19-22-13-15-26(34-2)16-14-22)29(35-27)30-24-9-5-3-6-10-24/h3-18,20H,19H2,1-2H3/b27-18+,30-29?. The molecular formula is C29H25N3O2S. The minimum absolute atomic E-state index is 0.0504. The SMILES string of the molecule is COc1ccc(CN2C(=O)/C(=C\c3cc(C)n(-c4ccccc4)c3)SC2=Nc2ccccc2)cc1. The molecule has 0 spiro atoms. The predicted molar refractivity (Wildman–Crippen MR) is 143 cm³/mol. The zero-order valence-corrected chi connectivity index (χ0v) is 20.4. The van der Waals surface area contributed by atoms with E-state index in [4.69, 9.17) is 9.73 Å². The Balaban J connectivity index is 1.47. The van der Waals surface area contributed by atoms with Crippen LogP contribution in [0.25, 0.3) is 11.8 Å². The van der Waals surface area contributed by atoms with Crippen molar-refractivity contribution in [2.45, 2.75) is 13.5 Å². The fourth-order valence-corrected chi connectivity index (χ4v) is 4.95. The zero-order valence-electron chi connectivity index (χ0n) is 19.6. The van der Waals surface area contributed by atoms with Gasteiger partial charge in [-0.3, -0.25) is 9.69 Å². The first-order valence-corrected chi connectivity index (χ1v) is 12.1. The quantitative estimate of drug-likeness (QED) is 0.293. The van der Waals surface area contributed by atoms with Crippen molar-refractivity contribution in [3.8, 4) is 11.4 Å². The Morgan fingerprint density at radius 1 is 0.943 bits per heavy atom. The summed E-state index contributed by atoms with van der Waals surface area (Å²) in [6.07, 6.45) is 4.01. The molecule has 5 rings (SSSR count). The van der Waals surface area contributed by atoms with Gasteiger partial charge in [0.05, 0.1) is 24.2 Å². The number of nitrogens with zero attached hydrogens (tertiary/aromatic N) is 3. The van der Waals surface area contributed by atoms with Crippen molar-refractivity contribution in [1.29, 1.82) is 0 Å². The number of hydrogen-bond acceptors (Lipinski definition) is 4. The highest BCUT2D eigenvalue weighted by Crippen LogP contribution is 2.35. The molecule has 1 fully saturated rings. The summed E-state index contributed by atoms with van der Waals surface area (Å²) in [5.74, 6) is 0.735. The number of carbonyl (C=O) groups excluding carboxylic acids is 1. The largest absolute Gasteiger partial charge is 0.497 e. The molecule has 0 atom stereocenters. The van der Waals surface area contributed by atoms with Gasteiger partial charge in [-0.2, -0.15) is 0 Å². The van der Waals surface area contributed by atoms with Crippen LogP contribution in [0.4, 0.5) is 5.69 Å². The molecule has 0 aliphatic carbocycles. The van der Waals surface area contributed by atoms with Gasteiger partial charge in [-0.1, -0.05) is 48.5 Å². The lowest BCUT2D eigenvalue weighted by Gasteiger charge is -2.16. The summed E-state index contributed by atoms with van der Waals surface area (Å²) in [7, 11) is 1.64. The second-order valence-electron chi connectivity index (χ2n) is 8.20. The third-order valence-corrected chi connectivity index (χ3v) is 6.74. The molecule has 1 aliphatic heterocycles. The first-order valence-electron chi connectivity index (χ1n) is 11.3. The molecule has 1 aliphatic rings. The zero-order chi connectivity index (χ0) is 24.2. The van der Waals surface area contributed by atoms with Crippen molar-refractivity contribution < 1.29 is 9.53 Å². The number of methoxy groups -OCH3 is 1. The predicted octanol–water partition coefficient (Wildman–Crippen LogP) is 6.60. The average molecular weight is 480 g/mol. The summed E-state index contributed by atoms with van der Waals surface area (Å²) in [4.78, 5) is 20.7. The van der Waals surface area contributed by atoms with Crippen LogP contribution in [-0.2, 0) is 11.3 Å². The van der Waals surface area contributed by atoms with Gasteiger partial charge in [0.25, 0.3) is 5.91 Å². The highest BCUT2D eigenvalue weighted by molar-refractivity contribution is 8.18. The number of benzene rings is 3. The summed E-state index contributed by atoms with van der Waals surface area (Å²) in [6, 6.07) is 29.8. The fraction of sp³-hybridized carbons (Fsp3) is 0.103. The number of ether oxygens (including phenoxy) is 1. The van der Waals surface area contributed by atoms with E-state index in [1.165, 1.54) is 11.8 Å². The number of para-hydroxylation sites is 2. The van der Waals surface area contributed by atoms with Crippen LogP contribution in [0, 0.1) is 6.92 Å². The lowest BCUT2D eigenvalue weighted by molar-refractivity contribution is -0.122. The molecule has 0 unspecified atom stereocenters. The highest BCUT2D eigenvalue weighted by Gasteiger charge is 2.33. The van der Waals surface area contributed by atoms with Gasteiger partial charge in [-0.05, 0) is 78.4 Å². The molecule has 2 heterocycles. The van der Waals surface area contributed by atoms with Crippen LogP contribution in [0.1, 0.15) is 16.8 Å². The molecule has 0 radical (unpaired) electrons. The Bertz CT molecular complexity index is 1390. The number of hydrogen-bond donors (Lipinski definition) is 0. The molecule has 4 aromatic rings. The van der Waals surface area contributed by atoms with Crippen molar-refractivity contribution in [3.05, 3.63) is 119 Å². The Morgan fingerprint density at radius 2 is 1.63 bits per heavy atom. The molecule has 1 saturated heterocycles. The number of aliphatic imine (C=N–C) groups is 1. The smallest absolute Gasteiger partial charge is 0.267 e. The summed E-state index contributed by atoms with van der Waals surface area (Å²) < 4.78 is 7.40. The second-order valence-corrected chi connectivity index (χ2v) is 9.21. The molecule has 1 aromatic heterocycles. The van der Waals surface area contributed by atoms with Crippen LogP contribution in [-0.4, -0.2) is 27.7 Å². The highest BCUT2D eigenvalue weighted by atomic mass is 32.2. The summed E-state index contributed by atoms with van der Waals surface area (Å²) in [5.41, 5.74) is 4.99. The van der Waals surface area contributed by atoms with Gasteiger partial charge in [0.1, 0.15) is 5.75 Å². The van der Waals surface area contributed by atoms with Crippen LogP contribution >= 0.6 is 11.8 Å². The van der Waals surface area contributed by atoms with Crippen LogP contribution in [0.3, 0.4) is 0 Å². The van der Waals surface area contributed by atoms with Crippen LogP contribution < -0.4 is 4.74 Å². The fourth-order valence-electron chi connectivity index (χ4n) is 3.95. The van der Waals surface area contributed by atoms with E-state index in [1.54, 1.807) is 12.0 Å². The lowest BCUT2D eigenvalue weighted by Crippen LogP contribution is -2.28. The second kappa shape index (κ2) is 10.1. The van der Waals surface area contributed by atoms with Gasteiger partial charge in [-0.25, -0.2) is 4.99 Å². The number of rotatable bonds is 6. The Hall–Kier alpha value is -4.03. The molecular weight excluding hydrogens is 454 g/mol. The first kappa shape index (κ1) is 22.7. The lowest BCUT2D eigenvalue weighted by atomic mass is 10.2. The van der Waals surface area contributed by atoms with Crippen molar-refractivity contribution in [2.75, 3.05) is 7.11 Å². The Kier molecular flexibility index (Phi) is 6.55. The summed E-state index contributed by atoms with van der Waals surface area (Å²) in [6.45, 7) is 2.50. The number of amidine groups is 1. The van der Waals surface area contributed by atoms with E-state index >= 15 is 0 Å². The van der Waals surface area contributed by atoms with E-state index in [9.17, 15) is 4.79 Å². The molecule has 0 N–H and O–H groups in total. The van der Waals surface area contributed by atoms with Gasteiger partial charge in [0, 0.05) is 17.6 Å². The van der Waals surface area contributed by atoms with Gasteiger partial charge in [0.15, 0.2) is 5.17 Å². The van der Waals surface area contributed by atoms with E-state index in [1.807, 2.05) is 78.9 Å². The Morgan fingerprint density at radius 3 is 2.31 bits per heavy atom. The number of aryl methyl sites for hydroxylation is 1. The van der Waals surface area contributed by atoms with Gasteiger partial charge < -0.3 is 9.30 Å². The van der Waals surface area contributed by atoms with E-state index in [0.29, 0.717) is 16.6 Å². The number of carbonyl (C=O) groups is 1. The van der Waals surface area contributed by atoms with Crippen LogP contribution in [0.15, 0.2) is 107 Å². The third kappa shape index (κ3) is 5.08. The molecule has 0 saturated carbocycles. The molecule has 1 amide bonds. The molecule has 35 heavy (non-hydrogen) atoms. The molecule has 0 bridgehead atoms. The topological polar surface area (TPSA) is 46.8 Å². The minimum atomic E-state index is -0.0504. The monoisotopic (exact) mass is 479 g/mol. The molecule has 5 nitrogen and oxygen atoms in total. The maximum atomic E-state index is 13.5. The first-order chi connectivity index (χ1) is 17.1. The van der Waals surface area contributed by atoms with Crippen LogP contribution in [0.2, 0.25) is 0 Å². The maximum Gasteiger partial charge on any atom is 0.267 e. The molecule has 6 heteroatoms. The van der Waals surface area contributed by atoms with Gasteiger partial charge >= 0.3 is 0 Å². The third-order valence-electron chi connectivity index (χ3n) is 5.73. The average Bonchev–Trinajstić information content (AvgIpc) is 3.40. The van der Waals surface area contributed by atoms with Crippen molar-refractivity contribution >= 4 is 34.6 Å². The van der Waals surface area contributed by atoms with E-state index in [2.05, 4.69) is 35.9 Å². The van der Waals surface area contributed by atoms with E-state index in [-0.39, 0.29) is 5.91 Å². The van der Waals surface area contributed by atoms with Crippen molar-refractivity contribution in [1.82, 2.24) is 9.47 Å². The number of thioether (sulfide) groups is 1. The van der Waals surface area contributed by atoms with E-state index in [0.717, 1.165) is 33.9 Å². The van der Waals surface area contributed by atoms with Crippen LogP contribution in [0.5, 0.6) is 5.75 Å². The number of amides is 1. The number of aromatic nitrogens is 1. The summed E-state index contributed by atoms with van der Waals surface area (Å²) >= 11 is 1.41. The van der Waals surface area contributed by atoms with Crippen molar-refractivity contribution in [2.24, 2.45) is 4.99 Å². The molecule has 174 valence electrons. The Labute approximate surface area is 209 Å². The van der Waals surface area contributed by atoms with Gasteiger partial charge in [-0.15, -0.1) is 0 Å².